The molecule has 15 heavy (non-hydrogen) atoms. The Hall–Kier alpha value is -0.160. The largest absolute Gasteiger partial charge is 0.318 e. The second-order valence-corrected chi connectivity index (χ2v) is 4.15. The van der Waals surface area contributed by atoms with E-state index < -0.39 is 0 Å². The molecule has 0 radical (unpaired) electrons. The third-order valence-electron chi connectivity index (χ3n) is 2.44. The van der Waals surface area contributed by atoms with Crippen molar-refractivity contribution in [3.8, 4) is 0 Å². The molecule has 0 saturated carbocycles. The first-order valence-electron chi connectivity index (χ1n) is 5.96. The van der Waals surface area contributed by atoms with Crippen LogP contribution in [0, 0.1) is 0 Å². The van der Waals surface area contributed by atoms with Gasteiger partial charge >= 0.3 is 0 Å². The minimum absolute atomic E-state index is 0.579. The maximum atomic E-state index is 3.49. The van der Waals surface area contributed by atoms with Gasteiger partial charge in [-0.15, -0.1) is 0 Å². The molecule has 2 unspecified atom stereocenters. The number of likely N-dealkylation sites (N-methyl/N-ethyl adjacent to an activating group) is 2. The lowest BCUT2D eigenvalue weighted by atomic mass is 10.1. The molecule has 4 heteroatoms. The number of rotatable bonds is 10. The smallest absolute Gasteiger partial charge is 0.00791 e. The Morgan fingerprint density at radius 2 is 1.13 bits per heavy atom. The molecule has 0 aliphatic rings. The van der Waals surface area contributed by atoms with Crippen molar-refractivity contribution in [3.63, 3.8) is 0 Å². The molecule has 0 saturated heterocycles. The molecule has 0 heterocycles. The Morgan fingerprint density at radius 3 is 1.47 bits per heavy atom. The van der Waals surface area contributed by atoms with E-state index in [1.807, 2.05) is 14.1 Å². The van der Waals surface area contributed by atoms with Crippen LogP contribution in [0.15, 0.2) is 0 Å². The average Bonchev–Trinajstić information content (AvgIpc) is 2.18. The predicted molar refractivity (Wildman–Crippen MR) is 67.4 cm³/mol. The van der Waals surface area contributed by atoms with Gasteiger partial charge in [0.1, 0.15) is 0 Å². The molecular formula is C11H28N4. The zero-order valence-corrected chi connectivity index (χ0v) is 10.7. The van der Waals surface area contributed by atoms with E-state index >= 15 is 0 Å². The summed E-state index contributed by atoms with van der Waals surface area (Å²) in [6.07, 6.45) is 1.17. The normalized spacial score (nSPS) is 15.2. The topological polar surface area (TPSA) is 48.1 Å². The maximum absolute atomic E-state index is 3.49. The fourth-order valence-electron chi connectivity index (χ4n) is 1.58. The van der Waals surface area contributed by atoms with Crippen molar-refractivity contribution >= 4 is 0 Å². The predicted octanol–water partition coefficient (Wildman–Crippen LogP) is -0.228. The molecule has 0 aromatic heterocycles. The van der Waals surface area contributed by atoms with Crippen LogP contribution in [0.2, 0.25) is 0 Å². The standard InChI is InChI=1S/C11H28N4/c1-10(14-7-5-12-3)9-11(2)15-8-6-13-4/h10-15H,5-9H2,1-4H3. The van der Waals surface area contributed by atoms with Crippen LogP contribution in [-0.2, 0) is 0 Å². The maximum Gasteiger partial charge on any atom is 0.00791 e. The first-order chi connectivity index (χ1) is 7.20. The minimum Gasteiger partial charge on any atom is -0.318 e. The molecule has 4 N–H and O–H groups in total. The molecule has 2 atom stereocenters. The van der Waals surface area contributed by atoms with Crippen molar-refractivity contribution < 1.29 is 0 Å². The molecule has 0 aromatic rings. The first-order valence-corrected chi connectivity index (χ1v) is 5.96. The van der Waals surface area contributed by atoms with E-state index in [9.17, 15) is 0 Å². The van der Waals surface area contributed by atoms with Gasteiger partial charge in [0.15, 0.2) is 0 Å². The number of hydrogen-bond acceptors (Lipinski definition) is 4. The molecule has 0 fully saturated rings. The molecule has 0 aliphatic heterocycles. The van der Waals surface area contributed by atoms with Crippen LogP contribution in [0.25, 0.3) is 0 Å². The van der Waals surface area contributed by atoms with Crippen LogP contribution in [0.3, 0.4) is 0 Å². The molecule has 0 bridgehead atoms. The van der Waals surface area contributed by atoms with Gasteiger partial charge in [-0.05, 0) is 34.4 Å². The molecule has 0 spiro atoms. The molecular weight excluding hydrogens is 188 g/mol. The zero-order valence-electron chi connectivity index (χ0n) is 10.7. The summed E-state index contributed by atoms with van der Waals surface area (Å²) in [5, 5.41) is 13.2. The van der Waals surface area contributed by atoms with Crippen LogP contribution in [0.4, 0.5) is 0 Å². The Bertz CT molecular complexity index is 116. The van der Waals surface area contributed by atoms with Gasteiger partial charge in [-0.2, -0.15) is 0 Å². The Morgan fingerprint density at radius 1 is 0.733 bits per heavy atom. The molecule has 0 aromatic carbocycles. The van der Waals surface area contributed by atoms with Crippen molar-refractivity contribution in [3.05, 3.63) is 0 Å². The van der Waals surface area contributed by atoms with E-state index in [0.717, 1.165) is 26.2 Å². The second kappa shape index (κ2) is 10.4. The second-order valence-electron chi connectivity index (χ2n) is 4.15. The highest BCUT2D eigenvalue weighted by atomic mass is 15.0. The van der Waals surface area contributed by atoms with Gasteiger partial charge in [-0.25, -0.2) is 0 Å². The van der Waals surface area contributed by atoms with E-state index in [2.05, 4.69) is 35.1 Å². The van der Waals surface area contributed by atoms with E-state index in [4.69, 9.17) is 0 Å². The van der Waals surface area contributed by atoms with Crippen LogP contribution in [0.1, 0.15) is 20.3 Å². The van der Waals surface area contributed by atoms with Gasteiger partial charge in [0.05, 0.1) is 0 Å². The Kier molecular flexibility index (Phi) is 10.3. The molecule has 4 nitrogen and oxygen atoms in total. The minimum atomic E-state index is 0.579. The average molecular weight is 216 g/mol. The molecule has 0 amide bonds. The fraction of sp³-hybridized carbons (Fsp3) is 1.00. The fourth-order valence-corrected chi connectivity index (χ4v) is 1.58. The third-order valence-corrected chi connectivity index (χ3v) is 2.44. The van der Waals surface area contributed by atoms with E-state index in [-0.39, 0.29) is 0 Å². The van der Waals surface area contributed by atoms with Gasteiger partial charge < -0.3 is 21.3 Å². The van der Waals surface area contributed by atoms with Crippen LogP contribution in [-0.4, -0.2) is 52.4 Å². The van der Waals surface area contributed by atoms with Crippen molar-refractivity contribution in [1.29, 1.82) is 0 Å². The summed E-state index contributed by atoms with van der Waals surface area (Å²) in [6.45, 7) is 8.64. The zero-order chi connectivity index (χ0) is 11.5. The number of hydrogen-bond donors (Lipinski definition) is 4. The summed E-state index contributed by atoms with van der Waals surface area (Å²) in [7, 11) is 3.96. The summed E-state index contributed by atoms with van der Waals surface area (Å²) >= 11 is 0. The van der Waals surface area contributed by atoms with E-state index in [1.165, 1.54) is 6.42 Å². The van der Waals surface area contributed by atoms with Gasteiger partial charge in [-0.3, -0.25) is 0 Å². The van der Waals surface area contributed by atoms with Crippen LogP contribution >= 0.6 is 0 Å². The summed E-state index contributed by atoms with van der Waals surface area (Å²) in [4.78, 5) is 0. The summed E-state index contributed by atoms with van der Waals surface area (Å²) in [5.74, 6) is 0. The Balaban J connectivity index is 3.35. The number of nitrogens with one attached hydrogen (secondary N) is 4. The highest BCUT2D eigenvalue weighted by Crippen LogP contribution is 1.96. The van der Waals surface area contributed by atoms with Crippen molar-refractivity contribution in [2.75, 3.05) is 40.3 Å². The van der Waals surface area contributed by atoms with Crippen LogP contribution in [0.5, 0.6) is 0 Å². The van der Waals surface area contributed by atoms with Gasteiger partial charge in [0, 0.05) is 38.3 Å². The summed E-state index contributed by atoms with van der Waals surface area (Å²) in [6, 6.07) is 1.16. The molecule has 0 rings (SSSR count). The molecule has 92 valence electrons. The lowest BCUT2D eigenvalue weighted by molar-refractivity contribution is 0.425. The van der Waals surface area contributed by atoms with E-state index in [0.29, 0.717) is 12.1 Å². The lowest BCUT2D eigenvalue weighted by Gasteiger charge is -2.19. The summed E-state index contributed by atoms with van der Waals surface area (Å²) < 4.78 is 0. The molecule has 0 aliphatic carbocycles. The van der Waals surface area contributed by atoms with Gasteiger partial charge in [0.2, 0.25) is 0 Å². The first kappa shape index (κ1) is 14.8. The monoisotopic (exact) mass is 216 g/mol. The van der Waals surface area contributed by atoms with E-state index in [1.54, 1.807) is 0 Å². The quantitative estimate of drug-likeness (QED) is 0.381. The lowest BCUT2D eigenvalue weighted by Crippen LogP contribution is -2.39. The Labute approximate surface area is 94.6 Å². The van der Waals surface area contributed by atoms with Crippen molar-refractivity contribution in [2.24, 2.45) is 0 Å². The highest BCUT2D eigenvalue weighted by Gasteiger charge is 2.06. The van der Waals surface area contributed by atoms with Crippen molar-refractivity contribution in [1.82, 2.24) is 21.3 Å². The van der Waals surface area contributed by atoms with Gasteiger partial charge in [0.25, 0.3) is 0 Å². The van der Waals surface area contributed by atoms with Crippen molar-refractivity contribution in [2.45, 2.75) is 32.4 Å². The SMILES string of the molecule is CNCCNC(C)CC(C)NCCNC. The van der Waals surface area contributed by atoms with Crippen LogP contribution < -0.4 is 21.3 Å². The highest BCUT2D eigenvalue weighted by molar-refractivity contribution is 4.70. The van der Waals surface area contributed by atoms with Gasteiger partial charge in [-0.1, -0.05) is 0 Å². The summed E-state index contributed by atoms with van der Waals surface area (Å²) in [5.41, 5.74) is 0. The third kappa shape index (κ3) is 10.1.